The fourth-order valence-electron chi connectivity index (χ4n) is 2.94. The number of nitrogens with zero attached hydrogens (tertiary/aromatic N) is 1. The normalized spacial score (nSPS) is 28.9. The molecule has 0 heterocycles. The Morgan fingerprint density at radius 2 is 2.06 bits per heavy atom. The van der Waals surface area contributed by atoms with E-state index in [1.807, 2.05) is 0 Å². The molecular weight excluding hydrogens is 212 g/mol. The molecule has 0 aromatic heterocycles. The highest BCUT2D eigenvalue weighted by Crippen LogP contribution is 2.37. The third-order valence-electron chi connectivity index (χ3n) is 4.05. The van der Waals surface area contributed by atoms with E-state index < -0.39 is 0 Å². The van der Waals surface area contributed by atoms with Gasteiger partial charge in [0.05, 0.1) is 6.61 Å². The second-order valence-corrected chi connectivity index (χ2v) is 6.46. The summed E-state index contributed by atoms with van der Waals surface area (Å²) in [6, 6.07) is 1.37. The first-order valence-electron chi connectivity index (χ1n) is 6.87. The predicted molar refractivity (Wildman–Crippen MR) is 73.1 cm³/mol. The predicted octanol–water partition coefficient (Wildman–Crippen LogP) is 2.25. The van der Waals surface area contributed by atoms with Gasteiger partial charge in [0.1, 0.15) is 0 Å². The summed E-state index contributed by atoms with van der Waals surface area (Å²) in [4.78, 5) is 2.52. The summed E-state index contributed by atoms with van der Waals surface area (Å²) in [7, 11) is 1.77. The van der Waals surface area contributed by atoms with E-state index >= 15 is 0 Å². The van der Waals surface area contributed by atoms with Gasteiger partial charge in [-0.1, -0.05) is 13.8 Å². The molecule has 0 aliphatic heterocycles. The van der Waals surface area contributed by atoms with Gasteiger partial charge in [-0.2, -0.15) is 0 Å². The lowest BCUT2D eigenvalue weighted by atomic mass is 9.72. The molecule has 1 fully saturated rings. The summed E-state index contributed by atoms with van der Waals surface area (Å²) in [5.41, 5.74) is 6.76. The molecule has 3 nitrogen and oxygen atoms in total. The van der Waals surface area contributed by atoms with E-state index in [4.69, 9.17) is 10.5 Å². The van der Waals surface area contributed by atoms with E-state index in [0.717, 1.165) is 19.6 Å². The third-order valence-corrected chi connectivity index (χ3v) is 4.05. The van der Waals surface area contributed by atoms with Crippen LogP contribution in [0.4, 0.5) is 0 Å². The molecule has 0 bridgehead atoms. The summed E-state index contributed by atoms with van der Waals surface area (Å²) < 4.78 is 5.22. The molecule has 2 N–H and O–H groups in total. The van der Waals surface area contributed by atoms with E-state index in [1.54, 1.807) is 7.11 Å². The first-order valence-corrected chi connectivity index (χ1v) is 6.87. The van der Waals surface area contributed by atoms with Gasteiger partial charge in [-0.3, -0.25) is 4.90 Å². The van der Waals surface area contributed by atoms with E-state index in [-0.39, 0.29) is 0 Å². The second kappa shape index (κ2) is 6.17. The van der Waals surface area contributed by atoms with Crippen molar-refractivity contribution >= 4 is 0 Å². The first-order chi connectivity index (χ1) is 7.87. The topological polar surface area (TPSA) is 38.5 Å². The maximum atomic E-state index is 6.33. The van der Waals surface area contributed by atoms with Crippen LogP contribution in [-0.2, 0) is 4.74 Å². The molecule has 0 spiro atoms. The zero-order valence-corrected chi connectivity index (χ0v) is 12.2. The van der Waals surface area contributed by atoms with Crippen molar-refractivity contribution in [2.75, 3.05) is 20.3 Å². The largest absolute Gasteiger partial charge is 0.383 e. The minimum atomic E-state index is 0.322. The Morgan fingerprint density at radius 1 is 1.41 bits per heavy atom. The fourth-order valence-corrected chi connectivity index (χ4v) is 2.94. The highest BCUT2D eigenvalue weighted by atomic mass is 16.5. The molecule has 1 aliphatic rings. The van der Waals surface area contributed by atoms with Crippen molar-refractivity contribution in [1.82, 2.24) is 4.90 Å². The van der Waals surface area contributed by atoms with Gasteiger partial charge in [0.2, 0.25) is 0 Å². The third kappa shape index (κ3) is 4.23. The van der Waals surface area contributed by atoms with Gasteiger partial charge in [-0.15, -0.1) is 0 Å². The summed E-state index contributed by atoms with van der Waals surface area (Å²) >= 11 is 0. The van der Waals surface area contributed by atoms with Crippen LogP contribution in [0.5, 0.6) is 0 Å². The highest BCUT2D eigenvalue weighted by molar-refractivity contribution is 4.93. The first kappa shape index (κ1) is 14.9. The molecule has 2 atom stereocenters. The Morgan fingerprint density at radius 3 is 2.59 bits per heavy atom. The van der Waals surface area contributed by atoms with E-state index in [9.17, 15) is 0 Å². The van der Waals surface area contributed by atoms with Crippen molar-refractivity contribution in [2.45, 2.75) is 65.1 Å². The van der Waals surface area contributed by atoms with Crippen molar-refractivity contribution in [3.8, 4) is 0 Å². The van der Waals surface area contributed by atoms with Gasteiger partial charge >= 0.3 is 0 Å². The van der Waals surface area contributed by atoms with Crippen molar-refractivity contribution in [2.24, 2.45) is 11.1 Å². The molecule has 17 heavy (non-hydrogen) atoms. The number of rotatable bonds is 5. The smallest absolute Gasteiger partial charge is 0.0589 e. The molecule has 0 aromatic carbocycles. The van der Waals surface area contributed by atoms with Gasteiger partial charge in [0, 0.05) is 31.8 Å². The summed E-state index contributed by atoms with van der Waals surface area (Å²) in [6.07, 6.45) is 3.60. The van der Waals surface area contributed by atoms with E-state index in [0.29, 0.717) is 23.5 Å². The second-order valence-electron chi connectivity index (χ2n) is 6.46. The van der Waals surface area contributed by atoms with Gasteiger partial charge < -0.3 is 10.5 Å². The summed E-state index contributed by atoms with van der Waals surface area (Å²) in [6.45, 7) is 11.0. The molecule has 1 saturated carbocycles. The van der Waals surface area contributed by atoms with Crippen molar-refractivity contribution in [3.63, 3.8) is 0 Å². The maximum Gasteiger partial charge on any atom is 0.0589 e. The molecule has 2 unspecified atom stereocenters. The molecular formula is C14H30N2O. The van der Waals surface area contributed by atoms with Crippen molar-refractivity contribution in [1.29, 1.82) is 0 Å². The monoisotopic (exact) mass is 242 g/mol. The lowest BCUT2D eigenvalue weighted by molar-refractivity contribution is 0.0362. The van der Waals surface area contributed by atoms with Crippen LogP contribution in [0.1, 0.15) is 47.0 Å². The van der Waals surface area contributed by atoms with Crippen LogP contribution in [0, 0.1) is 5.41 Å². The molecule has 1 aliphatic carbocycles. The van der Waals surface area contributed by atoms with E-state index in [2.05, 4.69) is 32.6 Å². The minimum Gasteiger partial charge on any atom is -0.383 e. The lowest BCUT2D eigenvalue weighted by Gasteiger charge is -2.46. The average Bonchev–Trinajstić information content (AvgIpc) is 2.23. The van der Waals surface area contributed by atoms with Crippen LogP contribution >= 0.6 is 0 Å². The van der Waals surface area contributed by atoms with E-state index in [1.165, 1.54) is 12.8 Å². The number of ether oxygens (including phenoxy) is 1. The Balaban J connectivity index is 2.69. The molecule has 0 saturated heterocycles. The molecule has 0 aromatic rings. The van der Waals surface area contributed by atoms with Crippen LogP contribution in [0.25, 0.3) is 0 Å². The summed E-state index contributed by atoms with van der Waals surface area (Å²) in [5, 5.41) is 0. The molecule has 0 amide bonds. The Hall–Kier alpha value is -0.120. The quantitative estimate of drug-likeness (QED) is 0.803. The molecule has 3 heteroatoms. The van der Waals surface area contributed by atoms with Crippen LogP contribution in [-0.4, -0.2) is 43.3 Å². The maximum absolute atomic E-state index is 6.33. The highest BCUT2D eigenvalue weighted by Gasteiger charge is 2.36. The number of hydrogen-bond donors (Lipinski definition) is 1. The number of methoxy groups -OCH3 is 1. The SMILES string of the molecule is COCCN(C(C)C)C1CC(C)(C)CCC1N. The Kier molecular flexibility index (Phi) is 5.42. The van der Waals surface area contributed by atoms with Gasteiger partial charge in [-0.25, -0.2) is 0 Å². The molecule has 102 valence electrons. The van der Waals surface area contributed by atoms with Crippen LogP contribution in [0.3, 0.4) is 0 Å². The standard InChI is InChI=1S/C14H30N2O/c1-11(2)16(8-9-17-5)13-10-14(3,4)7-6-12(13)15/h11-13H,6-10,15H2,1-5H3. The van der Waals surface area contributed by atoms with Crippen LogP contribution in [0.2, 0.25) is 0 Å². The zero-order valence-electron chi connectivity index (χ0n) is 12.2. The lowest BCUT2D eigenvalue weighted by Crippen LogP contribution is -2.55. The molecule has 0 radical (unpaired) electrons. The van der Waals surface area contributed by atoms with Crippen LogP contribution < -0.4 is 5.73 Å². The zero-order chi connectivity index (χ0) is 13.1. The van der Waals surface area contributed by atoms with Gasteiger partial charge in [-0.05, 0) is 38.5 Å². The molecule has 1 rings (SSSR count). The minimum absolute atomic E-state index is 0.322. The van der Waals surface area contributed by atoms with Crippen molar-refractivity contribution in [3.05, 3.63) is 0 Å². The fraction of sp³-hybridized carbons (Fsp3) is 1.00. The average molecular weight is 242 g/mol. The van der Waals surface area contributed by atoms with Crippen molar-refractivity contribution < 1.29 is 4.74 Å². The number of hydrogen-bond acceptors (Lipinski definition) is 3. The summed E-state index contributed by atoms with van der Waals surface area (Å²) in [5.74, 6) is 0. The Labute approximate surface area is 107 Å². The Bertz CT molecular complexity index is 228. The van der Waals surface area contributed by atoms with Gasteiger partial charge in [0.25, 0.3) is 0 Å². The van der Waals surface area contributed by atoms with Crippen LogP contribution in [0.15, 0.2) is 0 Å². The van der Waals surface area contributed by atoms with Gasteiger partial charge in [0.15, 0.2) is 0 Å². The number of nitrogens with two attached hydrogens (primary N) is 1.